The smallest absolute Gasteiger partial charge is 0.249 e. The molecule has 2 aliphatic rings. The molecule has 0 radical (unpaired) electrons. The summed E-state index contributed by atoms with van der Waals surface area (Å²) in [6, 6.07) is 10.1. The van der Waals surface area contributed by atoms with E-state index < -0.39 is 0 Å². The summed E-state index contributed by atoms with van der Waals surface area (Å²) >= 11 is 0. The van der Waals surface area contributed by atoms with Crippen LogP contribution in [0.25, 0.3) is 0 Å². The standard InChI is InChI=1S/C19H23N3O3/c23-17(13-24-12-10-14-5-2-1-3-6-14)22-11-4-7-16(22)18-20-19(25-21-18)15-8-9-15/h1-3,5-6,15-16H,4,7-13H2. The zero-order valence-electron chi connectivity index (χ0n) is 14.3. The molecular formula is C19H23N3O3. The van der Waals surface area contributed by atoms with Crippen LogP contribution in [0.3, 0.4) is 0 Å². The molecule has 2 heterocycles. The minimum atomic E-state index is -0.0681. The molecule has 1 aliphatic carbocycles. The van der Waals surface area contributed by atoms with Gasteiger partial charge in [-0.3, -0.25) is 4.79 Å². The summed E-state index contributed by atoms with van der Waals surface area (Å²) in [5, 5.41) is 4.11. The van der Waals surface area contributed by atoms with Crippen molar-refractivity contribution in [1.29, 1.82) is 0 Å². The second kappa shape index (κ2) is 7.35. The highest BCUT2D eigenvalue weighted by molar-refractivity contribution is 5.78. The second-order valence-electron chi connectivity index (χ2n) is 6.80. The van der Waals surface area contributed by atoms with Crippen molar-refractivity contribution in [3.63, 3.8) is 0 Å². The Bertz CT molecular complexity index is 712. The fraction of sp³-hybridized carbons (Fsp3) is 0.526. The Balaban J connectivity index is 1.28. The van der Waals surface area contributed by atoms with Gasteiger partial charge in [-0.25, -0.2) is 0 Å². The Labute approximate surface area is 147 Å². The molecule has 25 heavy (non-hydrogen) atoms. The number of aromatic nitrogens is 2. The molecule has 132 valence electrons. The molecule has 1 saturated heterocycles. The summed E-state index contributed by atoms with van der Waals surface area (Å²) in [7, 11) is 0. The van der Waals surface area contributed by atoms with Crippen molar-refractivity contribution in [2.24, 2.45) is 0 Å². The number of rotatable bonds is 7. The predicted octanol–water partition coefficient (Wildman–Crippen LogP) is 2.87. The van der Waals surface area contributed by atoms with Gasteiger partial charge < -0.3 is 14.2 Å². The predicted molar refractivity (Wildman–Crippen MR) is 90.9 cm³/mol. The van der Waals surface area contributed by atoms with Crippen LogP contribution in [0.5, 0.6) is 0 Å². The highest BCUT2D eigenvalue weighted by atomic mass is 16.5. The van der Waals surface area contributed by atoms with Crippen molar-refractivity contribution in [2.45, 2.75) is 44.1 Å². The molecule has 6 nitrogen and oxygen atoms in total. The van der Waals surface area contributed by atoms with E-state index in [2.05, 4.69) is 22.3 Å². The van der Waals surface area contributed by atoms with Gasteiger partial charge in [0, 0.05) is 12.5 Å². The maximum Gasteiger partial charge on any atom is 0.249 e. The van der Waals surface area contributed by atoms with E-state index in [1.54, 1.807) is 0 Å². The van der Waals surface area contributed by atoms with Crippen molar-refractivity contribution >= 4 is 5.91 Å². The SMILES string of the molecule is O=C(COCCc1ccccc1)N1CCCC1c1noc(C2CC2)n1. The van der Waals surface area contributed by atoms with Gasteiger partial charge >= 0.3 is 0 Å². The van der Waals surface area contributed by atoms with Gasteiger partial charge in [-0.05, 0) is 37.7 Å². The van der Waals surface area contributed by atoms with Crippen LogP contribution in [-0.4, -0.2) is 40.7 Å². The molecule has 2 aromatic rings. The molecule has 0 N–H and O–H groups in total. The molecule has 6 heteroatoms. The van der Waals surface area contributed by atoms with Crippen LogP contribution in [0, 0.1) is 0 Å². The van der Waals surface area contributed by atoms with Gasteiger partial charge in [0.05, 0.1) is 12.6 Å². The maximum atomic E-state index is 12.5. The maximum absolute atomic E-state index is 12.5. The van der Waals surface area contributed by atoms with Crippen molar-refractivity contribution in [2.75, 3.05) is 19.8 Å². The fourth-order valence-corrected chi connectivity index (χ4v) is 3.29. The van der Waals surface area contributed by atoms with Crippen LogP contribution in [0.2, 0.25) is 0 Å². The minimum absolute atomic E-state index is 0.00772. The van der Waals surface area contributed by atoms with Gasteiger partial charge in [0.25, 0.3) is 0 Å². The first-order valence-electron chi connectivity index (χ1n) is 9.06. The van der Waals surface area contributed by atoms with Gasteiger partial charge in [0.1, 0.15) is 6.61 Å². The summed E-state index contributed by atoms with van der Waals surface area (Å²) < 4.78 is 10.9. The number of hydrogen-bond acceptors (Lipinski definition) is 5. The largest absolute Gasteiger partial charge is 0.371 e. The van der Waals surface area contributed by atoms with Crippen LogP contribution in [0.4, 0.5) is 0 Å². The lowest BCUT2D eigenvalue weighted by Crippen LogP contribution is -2.34. The first-order valence-corrected chi connectivity index (χ1v) is 9.06. The van der Waals surface area contributed by atoms with E-state index in [4.69, 9.17) is 9.26 Å². The molecule has 1 atom stereocenters. The summed E-state index contributed by atoms with van der Waals surface area (Å²) in [6.07, 6.45) is 4.93. The molecule has 1 aliphatic heterocycles. The van der Waals surface area contributed by atoms with Gasteiger partial charge in [0.15, 0.2) is 5.82 Å². The molecule has 1 saturated carbocycles. The molecule has 1 unspecified atom stereocenters. The van der Waals surface area contributed by atoms with Crippen LogP contribution < -0.4 is 0 Å². The molecule has 1 aromatic carbocycles. The number of ether oxygens (including phenoxy) is 1. The van der Waals surface area contributed by atoms with Crippen molar-refractivity contribution in [3.05, 3.63) is 47.6 Å². The van der Waals surface area contributed by atoms with Crippen LogP contribution in [0.15, 0.2) is 34.9 Å². The van der Waals surface area contributed by atoms with Gasteiger partial charge in [-0.2, -0.15) is 4.98 Å². The molecular weight excluding hydrogens is 318 g/mol. The normalized spacial score (nSPS) is 20.2. The van der Waals surface area contributed by atoms with E-state index in [1.807, 2.05) is 23.1 Å². The molecule has 1 amide bonds. The van der Waals surface area contributed by atoms with Crippen LogP contribution in [0.1, 0.15) is 54.9 Å². The molecule has 4 rings (SSSR count). The lowest BCUT2D eigenvalue weighted by atomic mass is 10.2. The first-order chi connectivity index (χ1) is 12.3. The molecule has 0 bridgehead atoms. The minimum Gasteiger partial charge on any atom is -0.371 e. The first kappa shape index (κ1) is 16.3. The lowest BCUT2D eigenvalue weighted by molar-refractivity contribution is -0.137. The molecule has 1 aromatic heterocycles. The molecule has 2 fully saturated rings. The molecule has 0 spiro atoms. The number of carbonyl (C=O) groups excluding carboxylic acids is 1. The zero-order valence-corrected chi connectivity index (χ0v) is 14.3. The Morgan fingerprint density at radius 3 is 2.88 bits per heavy atom. The number of amides is 1. The van der Waals surface area contributed by atoms with E-state index >= 15 is 0 Å². The van der Waals surface area contributed by atoms with Crippen LogP contribution >= 0.6 is 0 Å². The third kappa shape index (κ3) is 3.90. The van der Waals surface area contributed by atoms with Crippen molar-refractivity contribution in [1.82, 2.24) is 15.0 Å². The number of benzene rings is 1. The number of likely N-dealkylation sites (tertiary alicyclic amines) is 1. The Kier molecular flexibility index (Phi) is 4.78. The third-order valence-corrected chi connectivity index (χ3v) is 4.86. The van der Waals surface area contributed by atoms with E-state index in [9.17, 15) is 4.79 Å². The van der Waals surface area contributed by atoms with Crippen molar-refractivity contribution in [3.8, 4) is 0 Å². The van der Waals surface area contributed by atoms with E-state index in [0.29, 0.717) is 18.3 Å². The summed E-state index contributed by atoms with van der Waals surface area (Å²) in [4.78, 5) is 18.9. The number of nitrogens with zero attached hydrogens (tertiary/aromatic N) is 3. The Morgan fingerprint density at radius 2 is 2.08 bits per heavy atom. The van der Waals surface area contributed by atoms with Crippen molar-refractivity contribution < 1.29 is 14.1 Å². The van der Waals surface area contributed by atoms with E-state index in [1.165, 1.54) is 5.56 Å². The van der Waals surface area contributed by atoms with Crippen LogP contribution in [-0.2, 0) is 16.0 Å². The van der Waals surface area contributed by atoms with Gasteiger partial charge in [0.2, 0.25) is 11.8 Å². The van der Waals surface area contributed by atoms with Gasteiger partial charge in [-0.1, -0.05) is 35.5 Å². The number of hydrogen-bond donors (Lipinski definition) is 0. The Morgan fingerprint density at radius 1 is 1.24 bits per heavy atom. The van der Waals surface area contributed by atoms with E-state index in [-0.39, 0.29) is 18.6 Å². The summed E-state index contributed by atoms with van der Waals surface area (Å²) in [5.74, 6) is 1.83. The quantitative estimate of drug-likeness (QED) is 0.724. The highest BCUT2D eigenvalue weighted by Gasteiger charge is 2.35. The third-order valence-electron chi connectivity index (χ3n) is 4.86. The highest BCUT2D eigenvalue weighted by Crippen LogP contribution is 2.40. The second-order valence-corrected chi connectivity index (χ2v) is 6.80. The van der Waals surface area contributed by atoms with Gasteiger partial charge in [-0.15, -0.1) is 0 Å². The summed E-state index contributed by atoms with van der Waals surface area (Å²) in [6.45, 7) is 1.39. The monoisotopic (exact) mass is 341 g/mol. The average Bonchev–Trinajstić information content (AvgIpc) is 3.18. The lowest BCUT2D eigenvalue weighted by Gasteiger charge is -2.22. The average molecular weight is 341 g/mol. The van der Waals surface area contributed by atoms with E-state index in [0.717, 1.165) is 44.5 Å². The summed E-state index contributed by atoms with van der Waals surface area (Å²) in [5.41, 5.74) is 1.22. The fourth-order valence-electron chi connectivity index (χ4n) is 3.29. The zero-order chi connectivity index (χ0) is 17.1. The topological polar surface area (TPSA) is 68.5 Å². The Hall–Kier alpha value is -2.21. The number of carbonyl (C=O) groups is 1.